The van der Waals surface area contributed by atoms with Crippen molar-refractivity contribution >= 4 is 33.7 Å². The Bertz CT molecular complexity index is 1030. The number of carbonyl (C=O) groups excluding carboxylic acids is 1. The highest BCUT2D eigenvalue weighted by molar-refractivity contribution is 7.15. The molecule has 0 saturated carbocycles. The van der Waals surface area contributed by atoms with Crippen LogP contribution in [0.5, 0.6) is 0 Å². The fraction of sp³-hybridized carbons (Fsp3) is 0. The maximum Gasteiger partial charge on any atom is 0.323 e. The minimum atomic E-state index is -0.506. The molecular weight excluding hydrogens is 339 g/mol. The van der Waals surface area contributed by atoms with Gasteiger partial charge in [0.25, 0.3) is 0 Å². The predicted octanol–water partition coefficient (Wildman–Crippen LogP) is 4.85. The first-order chi connectivity index (χ1) is 12.2. The second-order valence-corrected chi connectivity index (χ2v) is 6.23. The van der Waals surface area contributed by atoms with Crippen LogP contribution in [0.3, 0.4) is 0 Å². The lowest BCUT2D eigenvalue weighted by atomic mass is 10.1. The first-order valence-corrected chi connectivity index (χ1v) is 8.42. The smallest absolute Gasteiger partial charge is 0.308 e. The van der Waals surface area contributed by atoms with E-state index in [1.54, 1.807) is 29.5 Å². The number of hydrogen-bond acceptors (Lipinski definition) is 3. The van der Waals surface area contributed by atoms with Gasteiger partial charge in [0, 0.05) is 29.0 Å². The summed E-state index contributed by atoms with van der Waals surface area (Å²) in [4.78, 5) is 17.5. The van der Waals surface area contributed by atoms with Crippen molar-refractivity contribution in [2.75, 3.05) is 10.6 Å². The molecule has 2 aromatic carbocycles. The number of anilines is 2. The standard InChI is InChI=1S/C18H13FN4OS/c19-14-6-1-2-7-15(14)21-17(24)20-13-5-3-4-12(10-13)16-11-23-8-9-25-18(23)22-16/h1-11H,(H2,20,21,24). The molecule has 0 fully saturated rings. The van der Waals surface area contributed by atoms with E-state index < -0.39 is 11.8 Å². The largest absolute Gasteiger partial charge is 0.323 e. The number of urea groups is 1. The number of fused-ring (bicyclic) bond motifs is 1. The molecule has 0 aliphatic carbocycles. The summed E-state index contributed by atoms with van der Waals surface area (Å²) in [5.74, 6) is -0.482. The number of benzene rings is 2. The zero-order valence-corrected chi connectivity index (χ0v) is 13.8. The molecule has 2 N–H and O–H groups in total. The van der Waals surface area contributed by atoms with Gasteiger partial charge in [-0.1, -0.05) is 24.3 Å². The zero-order chi connectivity index (χ0) is 17.2. The molecule has 0 atom stereocenters. The first kappa shape index (κ1) is 15.3. The van der Waals surface area contributed by atoms with Crippen LogP contribution >= 0.6 is 11.3 Å². The maximum absolute atomic E-state index is 13.6. The summed E-state index contributed by atoms with van der Waals surface area (Å²) in [6, 6.07) is 12.9. The van der Waals surface area contributed by atoms with Crippen LogP contribution in [0.1, 0.15) is 0 Å². The number of nitrogens with zero attached hydrogens (tertiary/aromatic N) is 2. The predicted molar refractivity (Wildman–Crippen MR) is 97.5 cm³/mol. The molecule has 0 aliphatic rings. The number of carbonyl (C=O) groups is 1. The zero-order valence-electron chi connectivity index (χ0n) is 12.9. The summed E-state index contributed by atoms with van der Waals surface area (Å²) in [6.07, 6.45) is 3.88. The van der Waals surface area contributed by atoms with Gasteiger partial charge in [0.15, 0.2) is 4.96 Å². The second-order valence-electron chi connectivity index (χ2n) is 5.36. The molecular formula is C18H13FN4OS. The van der Waals surface area contributed by atoms with E-state index in [4.69, 9.17) is 0 Å². The van der Waals surface area contributed by atoms with E-state index in [0.29, 0.717) is 5.69 Å². The Morgan fingerprint density at radius 2 is 2.00 bits per heavy atom. The van der Waals surface area contributed by atoms with Crippen LogP contribution in [0.15, 0.2) is 66.3 Å². The summed E-state index contributed by atoms with van der Waals surface area (Å²) in [5, 5.41) is 7.17. The van der Waals surface area contributed by atoms with E-state index in [9.17, 15) is 9.18 Å². The van der Waals surface area contributed by atoms with Gasteiger partial charge in [0.1, 0.15) is 5.82 Å². The lowest BCUT2D eigenvalue weighted by molar-refractivity contribution is 0.262. The monoisotopic (exact) mass is 352 g/mol. The highest BCUT2D eigenvalue weighted by Crippen LogP contribution is 2.24. The molecule has 4 aromatic rings. The normalized spacial score (nSPS) is 10.8. The van der Waals surface area contributed by atoms with E-state index in [0.717, 1.165) is 16.2 Å². The number of imidazole rings is 1. The Kier molecular flexibility index (Phi) is 3.91. The average Bonchev–Trinajstić information content (AvgIpc) is 3.19. The minimum absolute atomic E-state index is 0.130. The lowest BCUT2D eigenvalue weighted by Gasteiger charge is -2.09. The molecule has 0 saturated heterocycles. The molecule has 2 amide bonds. The molecule has 25 heavy (non-hydrogen) atoms. The van der Waals surface area contributed by atoms with Crippen LogP contribution in [0.4, 0.5) is 20.6 Å². The highest BCUT2D eigenvalue weighted by atomic mass is 32.1. The van der Waals surface area contributed by atoms with E-state index in [1.165, 1.54) is 12.1 Å². The summed E-state index contributed by atoms with van der Waals surface area (Å²) < 4.78 is 15.5. The fourth-order valence-electron chi connectivity index (χ4n) is 2.47. The van der Waals surface area contributed by atoms with Crippen LogP contribution in [-0.4, -0.2) is 15.4 Å². The van der Waals surface area contributed by atoms with E-state index in [1.807, 2.05) is 40.4 Å². The summed E-state index contributed by atoms with van der Waals surface area (Å²) in [6.45, 7) is 0. The number of hydrogen-bond donors (Lipinski definition) is 2. The SMILES string of the molecule is O=C(Nc1cccc(-c2cn3ccsc3n2)c1)Nc1ccccc1F. The van der Waals surface area contributed by atoms with E-state index in [2.05, 4.69) is 15.6 Å². The first-order valence-electron chi connectivity index (χ1n) is 7.54. The number of thiazole rings is 1. The molecule has 7 heteroatoms. The second kappa shape index (κ2) is 6.37. The third-order valence-corrected chi connectivity index (χ3v) is 4.40. The molecule has 0 spiro atoms. The number of para-hydroxylation sites is 1. The van der Waals surface area contributed by atoms with Crippen LogP contribution < -0.4 is 10.6 Å². The van der Waals surface area contributed by atoms with Gasteiger partial charge in [0.2, 0.25) is 0 Å². The maximum atomic E-state index is 13.6. The Morgan fingerprint density at radius 3 is 2.84 bits per heavy atom. The van der Waals surface area contributed by atoms with Gasteiger partial charge in [-0.2, -0.15) is 0 Å². The van der Waals surface area contributed by atoms with Crippen LogP contribution in [0.25, 0.3) is 16.2 Å². The van der Waals surface area contributed by atoms with Crippen LogP contribution in [0, 0.1) is 5.82 Å². The number of halogens is 1. The number of amides is 2. The quantitative estimate of drug-likeness (QED) is 0.554. The average molecular weight is 352 g/mol. The van der Waals surface area contributed by atoms with Crippen molar-refractivity contribution < 1.29 is 9.18 Å². The van der Waals surface area contributed by atoms with Crippen molar-refractivity contribution in [3.05, 3.63) is 72.1 Å². The van der Waals surface area contributed by atoms with Gasteiger partial charge in [-0.15, -0.1) is 11.3 Å². The van der Waals surface area contributed by atoms with Crippen molar-refractivity contribution in [2.45, 2.75) is 0 Å². The fourth-order valence-corrected chi connectivity index (χ4v) is 3.17. The molecule has 2 aromatic heterocycles. The molecule has 4 rings (SSSR count). The number of nitrogens with one attached hydrogen (secondary N) is 2. The lowest BCUT2D eigenvalue weighted by Crippen LogP contribution is -2.20. The Labute approximate surface area is 146 Å². The molecule has 2 heterocycles. The van der Waals surface area contributed by atoms with Crippen LogP contribution in [0.2, 0.25) is 0 Å². The summed E-state index contributed by atoms with van der Waals surface area (Å²) in [5.41, 5.74) is 2.44. The number of aromatic nitrogens is 2. The van der Waals surface area contributed by atoms with Gasteiger partial charge >= 0.3 is 6.03 Å². The van der Waals surface area contributed by atoms with Crippen LogP contribution in [-0.2, 0) is 0 Å². The topological polar surface area (TPSA) is 58.4 Å². The van der Waals surface area contributed by atoms with Gasteiger partial charge in [0.05, 0.1) is 11.4 Å². The van der Waals surface area contributed by atoms with Crippen molar-refractivity contribution in [3.63, 3.8) is 0 Å². The molecule has 0 unspecified atom stereocenters. The van der Waals surface area contributed by atoms with Crippen molar-refractivity contribution in [2.24, 2.45) is 0 Å². The molecule has 0 aliphatic heterocycles. The molecule has 0 radical (unpaired) electrons. The van der Waals surface area contributed by atoms with Crippen molar-refractivity contribution in [1.29, 1.82) is 0 Å². The van der Waals surface area contributed by atoms with E-state index >= 15 is 0 Å². The van der Waals surface area contributed by atoms with E-state index in [-0.39, 0.29) is 5.69 Å². The van der Waals surface area contributed by atoms with Gasteiger partial charge < -0.3 is 10.6 Å². The van der Waals surface area contributed by atoms with Gasteiger partial charge in [-0.05, 0) is 24.3 Å². The van der Waals surface area contributed by atoms with Gasteiger partial charge in [-0.25, -0.2) is 14.2 Å². The molecule has 124 valence electrons. The molecule has 0 bridgehead atoms. The highest BCUT2D eigenvalue weighted by Gasteiger charge is 2.09. The Hall–Kier alpha value is -3.19. The van der Waals surface area contributed by atoms with Gasteiger partial charge in [-0.3, -0.25) is 4.40 Å². The van der Waals surface area contributed by atoms with Crippen molar-refractivity contribution in [3.8, 4) is 11.3 Å². The Morgan fingerprint density at radius 1 is 1.12 bits per heavy atom. The molecule has 5 nitrogen and oxygen atoms in total. The minimum Gasteiger partial charge on any atom is -0.308 e. The van der Waals surface area contributed by atoms with Crippen molar-refractivity contribution in [1.82, 2.24) is 9.38 Å². The summed E-state index contributed by atoms with van der Waals surface area (Å²) in [7, 11) is 0. The number of rotatable bonds is 3. The third kappa shape index (κ3) is 3.22. The third-order valence-electron chi connectivity index (χ3n) is 3.63. The summed E-state index contributed by atoms with van der Waals surface area (Å²) >= 11 is 1.56. The Balaban J connectivity index is 1.52.